The molecule has 2 heteroatoms. The lowest BCUT2D eigenvalue weighted by Gasteiger charge is -2.16. The molecule has 0 saturated heterocycles. The van der Waals surface area contributed by atoms with Crippen LogP contribution in [0.1, 0.15) is 32.7 Å². The van der Waals surface area contributed by atoms with Gasteiger partial charge < -0.3 is 10.3 Å². The molecule has 0 atom stereocenters. The summed E-state index contributed by atoms with van der Waals surface area (Å²) in [5, 5.41) is 1.27. The van der Waals surface area contributed by atoms with Gasteiger partial charge in [0.05, 0.1) is 5.52 Å². The molecule has 0 aliphatic heterocycles. The van der Waals surface area contributed by atoms with Crippen LogP contribution in [0.2, 0.25) is 0 Å². The van der Waals surface area contributed by atoms with Crippen molar-refractivity contribution in [2.24, 2.45) is 0 Å². The van der Waals surface area contributed by atoms with Gasteiger partial charge in [0.15, 0.2) is 0 Å². The van der Waals surface area contributed by atoms with Crippen molar-refractivity contribution >= 4 is 16.6 Å². The number of aromatic nitrogens is 1. The van der Waals surface area contributed by atoms with E-state index in [9.17, 15) is 0 Å². The Kier molecular flexibility index (Phi) is 2.67. The van der Waals surface area contributed by atoms with Gasteiger partial charge in [-0.15, -0.1) is 0 Å². The quantitative estimate of drug-likeness (QED) is 0.758. The molecule has 0 amide bonds. The van der Waals surface area contributed by atoms with Gasteiger partial charge in [0, 0.05) is 17.9 Å². The smallest absolute Gasteiger partial charge is 0.0503 e. The number of hydrogen-bond donors (Lipinski definition) is 1. The van der Waals surface area contributed by atoms with Crippen LogP contribution in [-0.2, 0) is 0 Å². The van der Waals surface area contributed by atoms with E-state index in [0.717, 1.165) is 18.5 Å². The third kappa shape index (κ3) is 1.72. The zero-order chi connectivity index (χ0) is 10.8. The van der Waals surface area contributed by atoms with Gasteiger partial charge >= 0.3 is 0 Å². The summed E-state index contributed by atoms with van der Waals surface area (Å²) in [5.74, 6) is 0. The molecule has 2 rings (SSSR count). The van der Waals surface area contributed by atoms with Crippen LogP contribution in [0.25, 0.3) is 10.9 Å². The lowest BCUT2D eigenvalue weighted by Crippen LogP contribution is -2.05. The molecule has 0 radical (unpaired) electrons. The topological polar surface area (TPSA) is 30.9 Å². The third-order valence-corrected chi connectivity index (χ3v) is 3.08. The van der Waals surface area contributed by atoms with Crippen molar-refractivity contribution in [1.29, 1.82) is 0 Å². The van der Waals surface area contributed by atoms with Gasteiger partial charge in [-0.2, -0.15) is 0 Å². The van der Waals surface area contributed by atoms with Gasteiger partial charge in [-0.1, -0.05) is 19.9 Å². The Labute approximate surface area is 90.7 Å². The van der Waals surface area contributed by atoms with Crippen LogP contribution < -0.4 is 5.73 Å². The minimum Gasteiger partial charge on any atom is -0.399 e. The van der Waals surface area contributed by atoms with Crippen LogP contribution in [0.3, 0.4) is 0 Å². The summed E-state index contributed by atoms with van der Waals surface area (Å²) in [6.45, 7) is 4.46. The molecular weight excluding hydrogens is 184 g/mol. The van der Waals surface area contributed by atoms with Gasteiger partial charge in [0.2, 0.25) is 0 Å². The fourth-order valence-corrected chi connectivity index (χ4v) is 2.17. The van der Waals surface area contributed by atoms with Gasteiger partial charge in [-0.05, 0) is 36.4 Å². The molecule has 0 bridgehead atoms. The highest BCUT2D eigenvalue weighted by atomic mass is 15.0. The Morgan fingerprint density at radius 1 is 1.20 bits per heavy atom. The largest absolute Gasteiger partial charge is 0.399 e. The second-order valence-corrected chi connectivity index (χ2v) is 4.01. The number of benzene rings is 1. The number of rotatable bonds is 3. The van der Waals surface area contributed by atoms with Crippen molar-refractivity contribution < 1.29 is 0 Å². The zero-order valence-corrected chi connectivity index (χ0v) is 9.40. The van der Waals surface area contributed by atoms with Crippen molar-refractivity contribution in [1.82, 2.24) is 4.57 Å². The number of nitrogens with zero attached hydrogens (tertiary/aromatic N) is 1. The highest BCUT2D eigenvalue weighted by Crippen LogP contribution is 2.25. The minimum atomic E-state index is 0.587. The lowest BCUT2D eigenvalue weighted by atomic mass is 10.1. The summed E-state index contributed by atoms with van der Waals surface area (Å²) < 4.78 is 2.34. The van der Waals surface area contributed by atoms with E-state index in [1.165, 1.54) is 10.9 Å². The van der Waals surface area contributed by atoms with Gasteiger partial charge in [0.25, 0.3) is 0 Å². The van der Waals surface area contributed by atoms with E-state index in [1.54, 1.807) is 0 Å². The molecular formula is C13H18N2. The molecule has 2 N–H and O–H groups in total. The molecule has 1 aromatic heterocycles. The summed E-state index contributed by atoms with van der Waals surface area (Å²) in [5.41, 5.74) is 7.92. The second-order valence-electron chi connectivity index (χ2n) is 4.01. The summed E-state index contributed by atoms with van der Waals surface area (Å²) >= 11 is 0. The molecule has 0 spiro atoms. The molecule has 1 aromatic carbocycles. The summed E-state index contributed by atoms with van der Waals surface area (Å²) in [4.78, 5) is 0. The maximum Gasteiger partial charge on any atom is 0.0503 e. The average Bonchev–Trinajstić information content (AvgIpc) is 2.64. The molecule has 80 valence electrons. The first-order valence-corrected chi connectivity index (χ1v) is 5.62. The van der Waals surface area contributed by atoms with Crippen LogP contribution in [0.4, 0.5) is 5.69 Å². The van der Waals surface area contributed by atoms with Gasteiger partial charge in [0.1, 0.15) is 0 Å². The molecule has 2 aromatic rings. The van der Waals surface area contributed by atoms with E-state index >= 15 is 0 Å². The second kappa shape index (κ2) is 3.97. The van der Waals surface area contributed by atoms with Crippen LogP contribution in [0.5, 0.6) is 0 Å². The minimum absolute atomic E-state index is 0.587. The van der Waals surface area contributed by atoms with Gasteiger partial charge in [-0.3, -0.25) is 0 Å². The summed E-state index contributed by atoms with van der Waals surface area (Å²) in [6, 6.07) is 8.86. The van der Waals surface area contributed by atoms with Crippen LogP contribution >= 0.6 is 0 Å². The number of anilines is 1. The number of nitrogens with two attached hydrogens (primary N) is 1. The highest BCUT2D eigenvalue weighted by Gasteiger charge is 2.08. The van der Waals surface area contributed by atoms with Crippen molar-refractivity contribution in [3.8, 4) is 0 Å². The number of fused-ring (bicyclic) bond motifs is 1. The average molecular weight is 202 g/mol. The maximum atomic E-state index is 5.82. The molecule has 0 aliphatic rings. The molecule has 1 heterocycles. The number of hydrogen-bond acceptors (Lipinski definition) is 1. The van der Waals surface area contributed by atoms with Crippen LogP contribution in [-0.4, -0.2) is 4.57 Å². The van der Waals surface area contributed by atoms with Crippen molar-refractivity contribution in [3.63, 3.8) is 0 Å². The van der Waals surface area contributed by atoms with Crippen LogP contribution in [0, 0.1) is 0 Å². The fraction of sp³-hybridized carbons (Fsp3) is 0.385. The highest BCUT2D eigenvalue weighted by molar-refractivity contribution is 5.83. The van der Waals surface area contributed by atoms with Crippen molar-refractivity contribution in [2.75, 3.05) is 5.73 Å². The zero-order valence-electron chi connectivity index (χ0n) is 9.40. The molecule has 0 unspecified atom stereocenters. The lowest BCUT2D eigenvalue weighted by molar-refractivity contribution is 0.486. The molecule has 0 saturated carbocycles. The molecule has 2 nitrogen and oxygen atoms in total. The van der Waals surface area contributed by atoms with E-state index < -0.39 is 0 Å². The van der Waals surface area contributed by atoms with E-state index in [4.69, 9.17) is 5.73 Å². The molecule has 0 fully saturated rings. The summed E-state index contributed by atoms with van der Waals surface area (Å²) in [7, 11) is 0. The Hall–Kier alpha value is -1.44. The Morgan fingerprint density at radius 2 is 1.93 bits per heavy atom. The fourth-order valence-electron chi connectivity index (χ4n) is 2.17. The maximum absolute atomic E-state index is 5.82. The first-order valence-electron chi connectivity index (χ1n) is 5.62. The third-order valence-electron chi connectivity index (χ3n) is 3.08. The van der Waals surface area contributed by atoms with Gasteiger partial charge in [-0.25, -0.2) is 0 Å². The summed E-state index contributed by atoms with van der Waals surface area (Å²) in [6.07, 6.45) is 4.49. The predicted molar refractivity (Wildman–Crippen MR) is 66.0 cm³/mol. The Bertz CT molecular complexity index is 453. The van der Waals surface area contributed by atoms with E-state index in [-0.39, 0.29) is 0 Å². The SMILES string of the molecule is CCC(CC)n1ccc2ccc(N)cc21. The number of nitrogen functional groups attached to an aromatic ring is 1. The van der Waals surface area contributed by atoms with Crippen molar-refractivity contribution in [2.45, 2.75) is 32.7 Å². The first kappa shape index (κ1) is 10.1. The van der Waals surface area contributed by atoms with E-state index in [0.29, 0.717) is 6.04 Å². The standard InChI is InChI=1S/C13H18N2/c1-3-12(4-2)15-8-7-10-5-6-11(14)9-13(10)15/h5-9,12H,3-4,14H2,1-2H3. The van der Waals surface area contributed by atoms with Crippen LogP contribution in [0.15, 0.2) is 30.5 Å². The normalized spacial score (nSPS) is 11.4. The first-order chi connectivity index (χ1) is 7.26. The molecule has 15 heavy (non-hydrogen) atoms. The van der Waals surface area contributed by atoms with Crippen molar-refractivity contribution in [3.05, 3.63) is 30.5 Å². The Morgan fingerprint density at radius 3 is 2.60 bits per heavy atom. The predicted octanol–water partition coefficient (Wildman–Crippen LogP) is 3.58. The van der Waals surface area contributed by atoms with E-state index in [2.05, 4.69) is 42.8 Å². The monoisotopic (exact) mass is 202 g/mol. The van der Waals surface area contributed by atoms with E-state index in [1.807, 2.05) is 6.07 Å². The Balaban J connectivity index is 2.55. The molecule has 0 aliphatic carbocycles.